The molecule has 0 amide bonds. The lowest BCUT2D eigenvalue weighted by molar-refractivity contribution is -0.170. The third-order valence-corrected chi connectivity index (χ3v) is 2.65. The van der Waals surface area contributed by atoms with Crippen molar-refractivity contribution in [2.24, 2.45) is 0 Å². The van der Waals surface area contributed by atoms with Crippen molar-refractivity contribution >= 4 is 16.8 Å². The van der Waals surface area contributed by atoms with Crippen LogP contribution in [0.15, 0.2) is 18.2 Å². The molecule has 0 saturated heterocycles. The summed E-state index contributed by atoms with van der Waals surface area (Å²) in [4.78, 5) is 17.6. The number of carbonyl (C=O) groups excluding carboxylic acids is 1. The predicted molar refractivity (Wildman–Crippen MR) is 60.2 cm³/mol. The first-order valence-electron chi connectivity index (χ1n) is 5.47. The van der Waals surface area contributed by atoms with Crippen molar-refractivity contribution in [3.05, 3.63) is 29.6 Å². The summed E-state index contributed by atoms with van der Waals surface area (Å²) in [5, 5.41) is 0. The van der Waals surface area contributed by atoms with E-state index in [0.717, 1.165) is 12.0 Å². The minimum absolute atomic E-state index is 0.0422. The molecule has 0 aliphatic heterocycles. The highest BCUT2D eigenvalue weighted by molar-refractivity contribution is 5.86. The van der Waals surface area contributed by atoms with Crippen LogP contribution in [0.4, 0.5) is 13.2 Å². The molecule has 0 fully saturated rings. The predicted octanol–water partition coefficient (Wildman–Crippen LogP) is 2.80. The fraction of sp³-hybridized carbons (Fsp3) is 0.333. The Morgan fingerprint density at radius 3 is 2.72 bits per heavy atom. The molecule has 1 aromatic carbocycles. The van der Waals surface area contributed by atoms with Gasteiger partial charge in [-0.3, -0.25) is 4.79 Å². The number of rotatable bonds is 3. The molecule has 1 N–H and O–H groups in total. The molecule has 6 heteroatoms. The summed E-state index contributed by atoms with van der Waals surface area (Å²) < 4.78 is 36.4. The van der Waals surface area contributed by atoms with E-state index in [1.807, 2.05) is 19.1 Å². The second-order valence-electron chi connectivity index (χ2n) is 3.99. The van der Waals surface area contributed by atoms with E-state index < -0.39 is 18.4 Å². The number of Topliss-reactive ketones (excluding diaryl/α,β-unsaturated/α-hetero) is 1. The van der Waals surface area contributed by atoms with Crippen molar-refractivity contribution in [2.45, 2.75) is 25.9 Å². The molecule has 0 spiro atoms. The molecule has 2 aromatic rings. The van der Waals surface area contributed by atoms with Gasteiger partial charge in [0, 0.05) is 0 Å². The van der Waals surface area contributed by atoms with E-state index in [-0.39, 0.29) is 5.82 Å². The second-order valence-corrected chi connectivity index (χ2v) is 3.99. The number of alkyl halides is 3. The van der Waals surface area contributed by atoms with E-state index >= 15 is 0 Å². The Morgan fingerprint density at radius 2 is 2.11 bits per heavy atom. The van der Waals surface area contributed by atoms with Gasteiger partial charge in [0.2, 0.25) is 5.78 Å². The summed E-state index contributed by atoms with van der Waals surface area (Å²) in [7, 11) is 0. The molecule has 0 unspecified atom stereocenters. The summed E-state index contributed by atoms with van der Waals surface area (Å²) in [6.45, 7) is 1.98. The highest BCUT2D eigenvalue weighted by Gasteiger charge is 2.38. The molecule has 18 heavy (non-hydrogen) atoms. The van der Waals surface area contributed by atoms with E-state index in [4.69, 9.17) is 0 Å². The van der Waals surface area contributed by atoms with Gasteiger partial charge in [-0.05, 0) is 24.1 Å². The number of H-pyrrole nitrogens is 1. The maximum absolute atomic E-state index is 12.1. The minimum Gasteiger partial charge on any atom is -0.342 e. The topological polar surface area (TPSA) is 45.8 Å². The Morgan fingerprint density at radius 1 is 1.39 bits per heavy atom. The number of carbonyl (C=O) groups is 1. The van der Waals surface area contributed by atoms with Crippen LogP contribution in [-0.2, 0) is 17.6 Å². The number of aromatic nitrogens is 2. The summed E-state index contributed by atoms with van der Waals surface area (Å²) >= 11 is 0. The Bertz CT molecular complexity index is 587. The number of nitrogens with zero attached hydrogens (tertiary/aromatic N) is 1. The number of benzene rings is 1. The Kier molecular flexibility index (Phi) is 3.11. The van der Waals surface area contributed by atoms with E-state index in [1.165, 1.54) is 0 Å². The smallest absolute Gasteiger partial charge is 0.342 e. The SMILES string of the molecule is CCc1ccc2nc(CC(=O)C(F)(F)F)[nH]c2c1. The fourth-order valence-electron chi connectivity index (χ4n) is 1.67. The van der Waals surface area contributed by atoms with Gasteiger partial charge in [0.15, 0.2) is 0 Å². The molecule has 0 saturated carbocycles. The van der Waals surface area contributed by atoms with Crippen molar-refractivity contribution in [1.29, 1.82) is 0 Å². The largest absolute Gasteiger partial charge is 0.450 e. The molecule has 0 atom stereocenters. The molecular formula is C12H11F3N2O. The van der Waals surface area contributed by atoms with E-state index in [1.54, 1.807) is 6.07 Å². The molecule has 1 aromatic heterocycles. The van der Waals surface area contributed by atoms with Crippen LogP contribution in [-0.4, -0.2) is 21.9 Å². The molecule has 0 aliphatic rings. The molecule has 0 radical (unpaired) electrons. The fourth-order valence-corrected chi connectivity index (χ4v) is 1.67. The summed E-state index contributed by atoms with van der Waals surface area (Å²) in [6, 6.07) is 5.41. The zero-order valence-corrected chi connectivity index (χ0v) is 9.64. The van der Waals surface area contributed by atoms with Crippen LogP contribution in [0.25, 0.3) is 11.0 Å². The quantitative estimate of drug-likeness (QED) is 0.917. The molecule has 1 heterocycles. The summed E-state index contributed by atoms with van der Waals surface area (Å²) in [5.74, 6) is -1.75. The third kappa shape index (κ3) is 2.52. The lowest BCUT2D eigenvalue weighted by Gasteiger charge is -2.01. The van der Waals surface area contributed by atoms with Crippen LogP contribution in [0.1, 0.15) is 18.3 Å². The molecule has 0 bridgehead atoms. The van der Waals surface area contributed by atoms with Gasteiger partial charge in [-0.15, -0.1) is 0 Å². The van der Waals surface area contributed by atoms with Crippen molar-refractivity contribution in [2.75, 3.05) is 0 Å². The molecule has 3 nitrogen and oxygen atoms in total. The van der Waals surface area contributed by atoms with Gasteiger partial charge in [-0.2, -0.15) is 13.2 Å². The average molecular weight is 256 g/mol. The van der Waals surface area contributed by atoms with Gasteiger partial charge in [0.1, 0.15) is 5.82 Å². The third-order valence-electron chi connectivity index (χ3n) is 2.65. The number of ketones is 1. The van der Waals surface area contributed by atoms with Crippen molar-refractivity contribution in [3.8, 4) is 0 Å². The number of halogens is 3. The highest BCUT2D eigenvalue weighted by atomic mass is 19.4. The maximum atomic E-state index is 12.1. The maximum Gasteiger partial charge on any atom is 0.450 e. The Hall–Kier alpha value is -1.85. The first-order chi connectivity index (χ1) is 8.40. The number of hydrogen-bond acceptors (Lipinski definition) is 2. The average Bonchev–Trinajstić information content (AvgIpc) is 2.68. The first kappa shape index (κ1) is 12.6. The summed E-state index contributed by atoms with van der Waals surface area (Å²) in [6.07, 6.45) is -4.74. The zero-order chi connectivity index (χ0) is 13.3. The van der Waals surface area contributed by atoms with Crippen LogP contribution < -0.4 is 0 Å². The molecular weight excluding hydrogens is 245 g/mol. The van der Waals surface area contributed by atoms with Gasteiger partial charge in [-0.25, -0.2) is 4.98 Å². The number of nitrogens with one attached hydrogen (secondary N) is 1. The van der Waals surface area contributed by atoms with E-state index in [2.05, 4.69) is 9.97 Å². The van der Waals surface area contributed by atoms with Crippen molar-refractivity contribution in [3.63, 3.8) is 0 Å². The lowest BCUT2D eigenvalue weighted by atomic mass is 10.1. The highest BCUT2D eigenvalue weighted by Crippen LogP contribution is 2.20. The lowest BCUT2D eigenvalue weighted by Crippen LogP contribution is -2.24. The van der Waals surface area contributed by atoms with Gasteiger partial charge in [-0.1, -0.05) is 13.0 Å². The van der Waals surface area contributed by atoms with Crippen LogP contribution in [0.2, 0.25) is 0 Å². The van der Waals surface area contributed by atoms with Crippen LogP contribution in [0.3, 0.4) is 0 Å². The molecule has 96 valence electrons. The second kappa shape index (κ2) is 4.44. The van der Waals surface area contributed by atoms with Gasteiger partial charge < -0.3 is 4.98 Å². The zero-order valence-electron chi connectivity index (χ0n) is 9.64. The molecule has 2 rings (SSSR count). The van der Waals surface area contributed by atoms with E-state index in [0.29, 0.717) is 11.0 Å². The van der Waals surface area contributed by atoms with Gasteiger partial charge in [0.25, 0.3) is 0 Å². The monoisotopic (exact) mass is 256 g/mol. The Balaban J connectivity index is 2.28. The molecule has 0 aliphatic carbocycles. The van der Waals surface area contributed by atoms with Crippen molar-refractivity contribution < 1.29 is 18.0 Å². The normalized spacial score (nSPS) is 12.0. The van der Waals surface area contributed by atoms with Crippen LogP contribution >= 0.6 is 0 Å². The van der Waals surface area contributed by atoms with Gasteiger partial charge >= 0.3 is 6.18 Å². The minimum atomic E-state index is -4.81. The number of aryl methyl sites for hydroxylation is 1. The number of aromatic amines is 1. The van der Waals surface area contributed by atoms with E-state index in [9.17, 15) is 18.0 Å². The first-order valence-corrected chi connectivity index (χ1v) is 5.47. The van der Waals surface area contributed by atoms with Crippen molar-refractivity contribution in [1.82, 2.24) is 9.97 Å². The standard InChI is InChI=1S/C12H11F3N2O/c1-2-7-3-4-8-9(5-7)17-11(16-8)6-10(18)12(13,14)15/h3-5H,2,6H2,1H3,(H,16,17). The van der Waals surface area contributed by atoms with Crippen LogP contribution in [0.5, 0.6) is 0 Å². The van der Waals surface area contributed by atoms with Crippen LogP contribution in [0, 0.1) is 0 Å². The number of hydrogen-bond donors (Lipinski definition) is 1. The van der Waals surface area contributed by atoms with Gasteiger partial charge in [0.05, 0.1) is 17.5 Å². The number of fused-ring (bicyclic) bond motifs is 1. The Labute approximate surface area is 101 Å². The number of imidazole rings is 1. The summed E-state index contributed by atoms with van der Waals surface area (Å²) in [5.41, 5.74) is 2.27.